The highest BCUT2D eigenvalue weighted by atomic mass is 16.7. The first kappa shape index (κ1) is 15.2. The Hall–Kier alpha value is -1.22. The first-order valence-electron chi connectivity index (χ1n) is 6.24. The SMILES string of the molecule is OC[C@H](O)[C@H](O)[C@H]1OC(c2ccc(O)cc2)OC[C@H]1O. The summed E-state index contributed by atoms with van der Waals surface area (Å²) in [6.07, 6.45) is -5.86. The molecular weight excluding hydrogens is 268 g/mol. The van der Waals surface area contributed by atoms with Gasteiger partial charge >= 0.3 is 0 Å². The molecule has 0 saturated carbocycles. The molecule has 5 atom stereocenters. The van der Waals surface area contributed by atoms with Crippen LogP contribution in [-0.4, -0.2) is 63.2 Å². The standard InChI is InChI=1S/C13H18O7/c14-5-9(16)11(18)12-10(17)6-19-13(20-12)7-1-3-8(15)4-2-7/h1-4,9-18H,5-6H2/t9-,10+,11-,12-,13?/m0/s1. The predicted molar refractivity (Wildman–Crippen MR) is 66.8 cm³/mol. The topological polar surface area (TPSA) is 120 Å². The van der Waals surface area contributed by atoms with Gasteiger partial charge in [-0.25, -0.2) is 0 Å². The monoisotopic (exact) mass is 286 g/mol. The van der Waals surface area contributed by atoms with Crippen molar-refractivity contribution >= 4 is 0 Å². The zero-order valence-corrected chi connectivity index (χ0v) is 10.7. The van der Waals surface area contributed by atoms with E-state index in [9.17, 15) is 20.4 Å². The van der Waals surface area contributed by atoms with Gasteiger partial charge in [0.25, 0.3) is 0 Å². The Morgan fingerprint density at radius 1 is 1.20 bits per heavy atom. The molecule has 7 heteroatoms. The Bertz CT molecular complexity index is 421. The van der Waals surface area contributed by atoms with Crippen molar-refractivity contribution in [2.45, 2.75) is 30.7 Å². The zero-order chi connectivity index (χ0) is 14.7. The molecule has 0 bridgehead atoms. The molecule has 1 saturated heterocycles. The quantitative estimate of drug-likeness (QED) is 0.475. The van der Waals surface area contributed by atoms with Gasteiger partial charge in [0.1, 0.15) is 30.2 Å². The lowest BCUT2D eigenvalue weighted by Gasteiger charge is -2.37. The van der Waals surface area contributed by atoms with Crippen molar-refractivity contribution in [3.05, 3.63) is 29.8 Å². The molecule has 0 radical (unpaired) electrons. The van der Waals surface area contributed by atoms with Gasteiger partial charge in [-0.3, -0.25) is 0 Å². The molecular formula is C13H18O7. The second kappa shape index (κ2) is 6.49. The highest BCUT2D eigenvalue weighted by molar-refractivity contribution is 5.26. The largest absolute Gasteiger partial charge is 0.508 e. The van der Waals surface area contributed by atoms with Crippen LogP contribution in [0.1, 0.15) is 11.9 Å². The lowest BCUT2D eigenvalue weighted by molar-refractivity contribution is -0.284. The van der Waals surface area contributed by atoms with Gasteiger partial charge in [-0.1, -0.05) is 12.1 Å². The van der Waals surface area contributed by atoms with Crippen LogP contribution in [0.5, 0.6) is 5.75 Å². The van der Waals surface area contributed by atoms with E-state index in [1.54, 1.807) is 12.1 Å². The van der Waals surface area contributed by atoms with Gasteiger partial charge in [-0.2, -0.15) is 0 Å². The summed E-state index contributed by atoms with van der Waals surface area (Å²) in [5, 5.41) is 47.1. The number of hydrogen-bond acceptors (Lipinski definition) is 7. The molecule has 7 nitrogen and oxygen atoms in total. The molecule has 1 aliphatic heterocycles. The van der Waals surface area contributed by atoms with Gasteiger partial charge in [0.2, 0.25) is 0 Å². The van der Waals surface area contributed by atoms with Crippen LogP contribution in [0, 0.1) is 0 Å². The van der Waals surface area contributed by atoms with E-state index in [2.05, 4.69) is 0 Å². The molecule has 1 aromatic rings. The number of aliphatic hydroxyl groups excluding tert-OH is 4. The number of ether oxygens (including phenoxy) is 2. The third-order valence-corrected chi connectivity index (χ3v) is 3.16. The maximum atomic E-state index is 9.83. The minimum absolute atomic E-state index is 0.0780. The van der Waals surface area contributed by atoms with Crippen LogP contribution in [0.2, 0.25) is 0 Å². The van der Waals surface area contributed by atoms with Crippen LogP contribution >= 0.6 is 0 Å². The molecule has 0 amide bonds. The van der Waals surface area contributed by atoms with Gasteiger partial charge in [0.05, 0.1) is 13.2 Å². The Morgan fingerprint density at radius 3 is 2.45 bits per heavy atom. The van der Waals surface area contributed by atoms with Crippen molar-refractivity contribution in [3.63, 3.8) is 0 Å². The fourth-order valence-corrected chi connectivity index (χ4v) is 1.99. The number of rotatable bonds is 4. The molecule has 0 aliphatic carbocycles. The lowest BCUT2D eigenvalue weighted by Crippen LogP contribution is -2.52. The summed E-state index contributed by atoms with van der Waals surface area (Å²) in [5.74, 6) is 0.0943. The third kappa shape index (κ3) is 3.26. The van der Waals surface area contributed by atoms with Crippen LogP contribution in [0.3, 0.4) is 0 Å². The fraction of sp³-hybridized carbons (Fsp3) is 0.538. The van der Waals surface area contributed by atoms with Crippen molar-refractivity contribution in [3.8, 4) is 5.75 Å². The second-order valence-electron chi connectivity index (χ2n) is 4.67. The lowest BCUT2D eigenvalue weighted by atomic mass is 10.0. The van der Waals surface area contributed by atoms with E-state index in [1.807, 2.05) is 0 Å². The van der Waals surface area contributed by atoms with E-state index in [1.165, 1.54) is 12.1 Å². The highest BCUT2D eigenvalue weighted by Gasteiger charge is 2.39. The maximum Gasteiger partial charge on any atom is 0.184 e. The van der Waals surface area contributed by atoms with E-state index in [-0.39, 0.29) is 12.4 Å². The Morgan fingerprint density at radius 2 is 1.85 bits per heavy atom. The van der Waals surface area contributed by atoms with Crippen LogP contribution in [0.4, 0.5) is 0 Å². The fourth-order valence-electron chi connectivity index (χ4n) is 1.99. The number of aliphatic hydroxyl groups is 4. The molecule has 0 spiro atoms. The number of phenolic OH excluding ortho intramolecular Hbond substituents is 1. The average molecular weight is 286 g/mol. The molecule has 1 heterocycles. The molecule has 0 aromatic heterocycles. The first-order chi connectivity index (χ1) is 9.52. The molecule has 112 valence electrons. The first-order valence-corrected chi connectivity index (χ1v) is 6.24. The van der Waals surface area contributed by atoms with Crippen molar-refractivity contribution in [1.29, 1.82) is 0 Å². The maximum absolute atomic E-state index is 9.83. The summed E-state index contributed by atoms with van der Waals surface area (Å²) < 4.78 is 10.7. The minimum Gasteiger partial charge on any atom is -0.508 e. The van der Waals surface area contributed by atoms with Gasteiger partial charge in [-0.05, 0) is 12.1 Å². The second-order valence-corrected chi connectivity index (χ2v) is 4.67. The van der Waals surface area contributed by atoms with Crippen molar-refractivity contribution in [2.75, 3.05) is 13.2 Å². The highest BCUT2D eigenvalue weighted by Crippen LogP contribution is 2.29. The van der Waals surface area contributed by atoms with Gasteiger partial charge in [0, 0.05) is 5.56 Å². The summed E-state index contributed by atoms with van der Waals surface area (Å²) in [7, 11) is 0. The van der Waals surface area contributed by atoms with E-state index in [0.29, 0.717) is 5.56 Å². The third-order valence-electron chi connectivity index (χ3n) is 3.16. The minimum atomic E-state index is -1.43. The number of aromatic hydroxyl groups is 1. The molecule has 1 unspecified atom stereocenters. The number of benzene rings is 1. The van der Waals surface area contributed by atoms with E-state index in [0.717, 1.165) is 0 Å². The predicted octanol–water partition coefficient (Wildman–Crippen LogP) is -1.12. The van der Waals surface area contributed by atoms with Gasteiger partial charge < -0.3 is 35.0 Å². The van der Waals surface area contributed by atoms with Crippen LogP contribution in [0.15, 0.2) is 24.3 Å². The van der Waals surface area contributed by atoms with Gasteiger partial charge in [0.15, 0.2) is 6.29 Å². The van der Waals surface area contributed by atoms with Crippen LogP contribution in [0.25, 0.3) is 0 Å². The van der Waals surface area contributed by atoms with Crippen LogP contribution in [-0.2, 0) is 9.47 Å². The van der Waals surface area contributed by atoms with Crippen molar-refractivity contribution in [2.24, 2.45) is 0 Å². The zero-order valence-electron chi connectivity index (χ0n) is 10.7. The molecule has 2 rings (SSSR count). The van der Waals surface area contributed by atoms with E-state index < -0.39 is 37.3 Å². The summed E-state index contributed by atoms with van der Waals surface area (Å²) >= 11 is 0. The van der Waals surface area contributed by atoms with E-state index >= 15 is 0 Å². The smallest absolute Gasteiger partial charge is 0.184 e. The molecule has 5 N–H and O–H groups in total. The van der Waals surface area contributed by atoms with Crippen molar-refractivity contribution in [1.82, 2.24) is 0 Å². The molecule has 20 heavy (non-hydrogen) atoms. The molecule has 1 aliphatic rings. The Labute approximate surface area is 115 Å². The van der Waals surface area contributed by atoms with E-state index in [4.69, 9.17) is 14.6 Å². The molecule has 1 fully saturated rings. The molecule has 1 aromatic carbocycles. The summed E-state index contributed by atoms with van der Waals surface area (Å²) in [4.78, 5) is 0. The number of phenols is 1. The Balaban J connectivity index is 2.09. The summed E-state index contributed by atoms with van der Waals surface area (Å²) in [6, 6.07) is 6.09. The summed E-state index contributed by atoms with van der Waals surface area (Å²) in [6.45, 7) is -0.718. The summed E-state index contributed by atoms with van der Waals surface area (Å²) in [5.41, 5.74) is 0.602. The average Bonchev–Trinajstić information content (AvgIpc) is 2.47. The van der Waals surface area contributed by atoms with Crippen LogP contribution < -0.4 is 0 Å². The number of hydrogen-bond donors (Lipinski definition) is 5. The van der Waals surface area contributed by atoms with Gasteiger partial charge in [-0.15, -0.1) is 0 Å². The van der Waals surface area contributed by atoms with Crippen molar-refractivity contribution < 1.29 is 35.0 Å². The Kier molecular flexibility index (Phi) is 4.92. The normalized spacial score (nSPS) is 29.9.